The Morgan fingerprint density at radius 1 is 1.22 bits per heavy atom. The van der Waals surface area contributed by atoms with Gasteiger partial charge in [-0.15, -0.1) is 0 Å². The fraction of sp³-hybridized carbons (Fsp3) is 0.462. The lowest BCUT2D eigenvalue weighted by molar-refractivity contribution is -0.122. The van der Waals surface area contributed by atoms with E-state index in [1.807, 2.05) is 6.92 Å². The molecular formula is C13H18F2N2O. The highest BCUT2D eigenvalue weighted by atomic mass is 19.1. The maximum absolute atomic E-state index is 13.1. The molecule has 2 unspecified atom stereocenters. The molecule has 0 saturated heterocycles. The Hall–Kier alpha value is -1.49. The number of hydrogen-bond donors (Lipinski definition) is 2. The zero-order valence-corrected chi connectivity index (χ0v) is 10.8. The molecule has 0 radical (unpaired) electrons. The van der Waals surface area contributed by atoms with Crippen molar-refractivity contribution in [3.63, 3.8) is 0 Å². The summed E-state index contributed by atoms with van der Waals surface area (Å²) in [6.45, 7) is 5.84. The van der Waals surface area contributed by atoms with Crippen LogP contribution >= 0.6 is 0 Å². The second-order valence-corrected chi connectivity index (χ2v) is 4.21. The minimum absolute atomic E-state index is 0.138. The van der Waals surface area contributed by atoms with E-state index in [2.05, 4.69) is 10.6 Å². The molecule has 0 bridgehead atoms. The largest absolute Gasteiger partial charge is 0.355 e. The highest BCUT2D eigenvalue weighted by Gasteiger charge is 2.16. The van der Waals surface area contributed by atoms with E-state index in [4.69, 9.17) is 0 Å². The zero-order chi connectivity index (χ0) is 13.7. The topological polar surface area (TPSA) is 41.1 Å². The first-order valence-corrected chi connectivity index (χ1v) is 5.93. The van der Waals surface area contributed by atoms with Crippen LogP contribution in [0.4, 0.5) is 8.78 Å². The van der Waals surface area contributed by atoms with Crippen molar-refractivity contribution in [2.24, 2.45) is 0 Å². The first-order chi connectivity index (χ1) is 8.43. The molecule has 5 heteroatoms. The number of halogens is 2. The second-order valence-electron chi connectivity index (χ2n) is 4.21. The minimum Gasteiger partial charge on any atom is -0.355 e. The van der Waals surface area contributed by atoms with Crippen molar-refractivity contribution in [3.8, 4) is 0 Å². The molecule has 1 amide bonds. The van der Waals surface area contributed by atoms with Crippen LogP contribution in [0.3, 0.4) is 0 Å². The van der Waals surface area contributed by atoms with Crippen molar-refractivity contribution in [3.05, 3.63) is 35.4 Å². The quantitative estimate of drug-likeness (QED) is 0.847. The highest BCUT2D eigenvalue weighted by molar-refractivity contribution is 5.81. The summed E-state index contributed by atoms with van der Waals surface area (Å²) in [6, 6.07) is 2.60. The summed E-state index contributed by atoms with van der Waals surface area (Å²) in [5.74, 6) is -1.38. The van der Waals surface area contributed by atoms with E-state index in [0.29, 0.717) is 12.1 Å². The number of nitrogens with one attached hydrogen (secondary N) is 2. The lowest BCUT2D eigenvalue weighted by atomic mass is 10.1. The van der Waals surface area contributed by atoms with Gasteiger partial charge in [-0.3, -0.25) is 10.1 Å². The fourth-order valence-corrected chi connectivity index (χ4v) is 1.70. The highest BCUT2D eigenvalue weighted by Crippen LogP contribution is 2.16. The van der Waals surface area contributed by atoms with Crippen LogP contribution in [0, 0.1) is 11.6 Å². The van der Waals surface area contributed by atoms with Crippen LogP contribution in [0.25, 0.3) is 0 Å². The number of amides is 1. The van der Waals surface area contributed by atoms with Crippen LogP contribution in [0.5, 0.6) is 0 Å². The molecule has 1 aromatic carbocycles. The van der Waals surface area contributed by atoms with Gasteiger partial charge in [0, 0.05) is 18.7 Å². The number of carbonyl (C=O) groups excluding carboxylic acids is 1. The molecule has 0 spiro atoms. The molecule has 0 heterocycles. The summed E-state index contributed by atoms with van der Waals surface area (Å²) >= 11 is 0. The van der Waals surface area contributed by atoms with Crippen molar-refractivity contribution in [1.29, 1.82) is 0 Å². The molecule has 2 N–H and O–H groups in total. The Kier molecular flexibility index (Phi) is 5.22. The molecule has 0 fully saturated rings. The van der Waals surface area contributed by atoms with Gasteiger partial charge in [0.2, 0.25) is 5.91 Å². The van der Waals surface area contributed by atoms with E-state index in [0.717, 1.165) is 6.07 Å². The maximum atomic E-state index is 13.1. The number of benzene rings is 1. The van der Waals surface area contributed by atoms with E-state index in [9.17, 15) is 13.6 Å². The Labute approximate surface area is 106 Å². The van der Waals surface area contributed by atoms with Crippen molar-refractivity contribution in [1.82, 2.24) is 10.6 Å². The summed E-state index contributed by atoms with van der Waals surface area (Å²) in [6.07, 6.45) is 0. The number of hydrogen-bond acceptors (Lipinski definition) is 2. The van der Waals surface area contributed by atoms with Gasteiger partial charge in [0.05, 0.1) is 6.04 Å². The van der Waals surface area contributed by atoms with Gasteiger partial charge in [0.1, 0.15) is 11.6 Å². The molecule has 2 atom stereocenters. The van der Waals surface area contributed by atoms with Crippen LogP contribution in [0.1, 0.15) is 32.4 Å². The molecule has 1 aromatic rings. The molecule has 0 aliphatic heterocycles. The molecule has 0 aliphatic rings. The summed E-state index contributed by atoms with van der Waals surface area (Å²) in [5, 5.41) is 5.67. The third-order valence-electron chi connectivity index (χ3n) is 2.63. The first-order valence-electron chi connectivity index (χ1n) is 5.93. The average molecular weight is 256 g/mol. The molecule has 100 valence electrons. The Morgan fingerprint density at radius 2 is 1.78 bits per heavy atom. The van der Waals surface area contributed by atoms with Gasteiger partial charge in [-0.1, -0.05) is 0 Å². The molecule has 1 rings (SSSR count). The van der Waals surface area contributed by atoms with Crippen LogP contribution in [-0.4, -0.2) is 18.5 Å². The van der Waals surface area contributed by atoms with E-state index < -0.39 is 17.7 Å². The van der Waals surface area contributed by atoms with Crippen LogP contribution < -0.4 is 10.6 Å². The van der Waals surface area contributed by atoms with Gasteiger partial charge < -0.3 is 5.32 Å². The monoisotopic (exact) mass is 256 g/mol. The van der Waals surface area contributed by atoms with Crippen molar-refractivity contribution >= 4 is 5.91 Å². The zero-order valence-electron chi connectivity index (χ0n) is 10.8. The first kappa shape index (κ1) is 14.6. The molecular weight excluding hydrogens is 238 g/mol. The molecule has 3 nitrogen and oxygen atoms in total. The molecule has 0 aliphatic carbocycles. The van der Waals surface area contributed by atoms with Crippen molar-refractivity contribution in [2.45, 2.75) is 32.9 Å². The van der Waals surface area contributed by atoms with E-state index in [1.165, 1.54) is 12.1 Å². The summed E-state index contributed by atoms with van der Waals surface area (Å²) in [4.78, 5) is 11.5. The van der Waals surface area contributed by atoms with E-state index in [-0.39, 0.29) is 11.9 Å². The number of carbonyl (C=O) groups is 1. The van der Waals surface area contributed by atoms with Gasteiger partial charge >= 0.3 is 0 Å². The third kappa shape index (κ3) is 4.07. The van der Waals surface area contributed by atoms with E-state index >= 15 is 0 Å². The van der Waals surface area contributed by atoms with Gasteiger partial charge in [-0.25, -0.2) is 8.78 Å². The third-order valence-corrected chi connectivity index (χ3v) is 2.63. The Bertz CT molecular complexity index is 403. The lowest BCUT2D eigenvalue weighted by Gasteiger charge is -2.19. The van der Waals surface area contributed by atoms with Crippen LogP contribution in [-0.2, 0) is 4.79 Å². The lowest BCUT2D eigenvalue weighted by Crippen LogP contribution is -2.43. The molecule has 18 heavy (non-hydrogen) atoms. The van der Waals surface area contributed by atoms with Crippen LogP contribution in [0.15, 0.2) is 18.2 Å². The molecule has 0 saturated carbocycles. The van der Waals surface area contributed by atoms with Gasteiger partial charge in [-0.05, 0) is 38.5 Å². The fourth-order valence-electron chi connectivity index (χ4n) is 1.70. The molecule has 0 aromatic heterocycles. The van der Waals surface area contributed by atoms with Crippen LogP contribution in [0.2, 0.25) is 0 Å². The van der Waals surface area contributed by atoms with E-state index in [1.54, 1.807) is 13.8 Å². The normalized spacial score (nSPS) is 14.1. The summed E-state index contributed by atoms with van der Waals surface area (Å²) in [5.41, 5.74) is 0.476. The SMILES string of the molecule is CCNC(=O)C(C)NC(C)c1cc(F)cc(F)c1. The Morgan fingerprint density at radius 3 is 2.28 bits per heavy atom. The standard InChI is InChI=1S/C13H18F2N2O/c1-4-16-13(18)9(3)17-8(2)10-5-11(14)7-12(15)6-10/h5-9,17H,4H2,1-3H3,(H,16,18). The van der Waals surface area contributed by atoms with Gasteiger partial charge in [-0.2, -0.15) is 0 Å². The minimum atomic E-state index is -0.621. The van der Waals surface area contributed by atoms with Crippen molar-refractivity contribution in [2.75, 3.05) is 6.54 Å². The number of likely N-dealkylation sites (N-methyl/N-ethyl adjacent to an activating group) is 1. The number of rotatable bonds is 5. The van der Waals surface area contributed by atoms with Crippen molar-refractivity contribution < 1.29 is 13.6 Å². The smallest absolute Gasteiger partial charge is 0.236 e. The summed E-state index contributed by atoms with van der Waals surface area (Å²) < 4.78 is 26.1. The predicted octanol–water partition coefficient (Wildman–Crippen LogP) is 2.14. The second kappa shape index (κ2) is 6.44. The average Bonchev–Trinajstić information content (AvgIpc) is 2.27. The Balaban J connectivity index is 2.69. The predicted molar refractivity (Wildman–Crippen MR) is 66.1 cm³/mol. The summed E-state index contributed by atoms with van der Waals surface area (Å²) in [7, 11) is 0. The maximum Gasteiger partial charge on any atom is 0.236 e. The van der Waals surface area contributed by atoms with Gasteiger partial charge in [0.15, 0.2) is 0 Å². The van der Waals surface area contributed by atoms with Gasteiger partial charge in [0.25, 0.3) is 0 Å².